The molecule has 56 valence electrons. The summed E-state index contributed by atoms with van der Waals surface area (Å²) >= 11 is 0. The van der Waals surface area contributed by atoms with E-state index in [1.165, 1.54) is 0 Å². The average Bonchev–Trinajstić information content (AvgIpc) is 2.49. The summed E-state index contributed by atoms with van der Waals surface area (Å²) in [4.78, 5) is 0. The lowest BCUT2D eigenvalue weighted by Crippen LogP contribution is -1.90. The van der Waals surface area contributed by atoms with Crippen molar-refractivity contribution in [2.45, 2.75) is 0 Å². The van der Waals surface area contributed by atoms with E-state index < -0.39 is 0 Å². The van der Waals surface area contributed by atoms with Crippen LogP contribution in [0.3, 0.4) is 0 Å². The fourth-order valence-corrected chi connectivity index (χ4v) is 1.49. The van der Waals surface area contributed by atoms with Crippen molar-refractivity contribution >= 4 is 0 Å². The molecule has 1 heteroatoms. The molecule has 1 aromatic carbocycles. The first kappa shape index (κ1) is 6.06. The number of furan rings is 1. The van der Waals surface area contributed by atoms with E-state index in [9.17, 15) is 0 Å². The van der Waals surface area contributed by atoms with Gasteiger partial charge in [0.2, 0.25) is 0 Å². The minimum Gasteiger partial charge on any atom is -0.460 e. The van der Waals surface area contributed by atoms with E-state index >= 15 is 0 Å². The molecule has 2 heterocycles. The SMILES string of the molecule is [C]1c2ccc(o2)-c2ccccc21. The second-order valence-electron chi connectivity index (χ2n) is 2.83. The van der Waals surface area contributed by atoms with Crippen LogP contribution in [0.15, 0.2) is 40.8 Å². The molecule has 1 nitrogen and oxygen atoms in total. The predicted molar refractivity (Wildman–Crippen MR) is 45.6 cm³/mol. The molecule has 2 bridgehead atoms. The summed E-state index contributed by atoms with van der Waals surface area (Å²) in [6, 6.07) is 12.0. The van der Waals surface area contributed by atoms with Crippen molar-refractivity contribution < 1.29 is 4.42 Å². The van der Waals surface area contributed by atoms with Crippen molar-refractivity contribution in [3.63, 3.8) is 0 Å². The zero-order chi connectivity index (χ0) is 7.97. The Morgan fingerprint density at radius 1 is 1.00 bits per heavy atom. The van der Waals surface area contributed by atoms with Gasteiger partial charge in [0.15, 0.2) is 0 Å². The molecule has 0 amide bonds. The topological polar surface area (TPSA) is 13.1 Å². The van der Waals surface area contributed by atoms with Gasteiger partial charge in [0.05, 0.1) is 6.42 Å². The molecule has 0 unspecified atom stereocenters. The summed E-state index contributed by atoms with van der Waals surface area (Å²) in [6.07, 6.45) is 3.18. The van der Waals surface area contributed by atoms with Gasteiger partial charge in [0.25, 0.3) is 0 Å². The van der Waals surface area contributed by atoms with Crippen LogP contribution in [0.2, 0.25) is 0 Å². The summed E-state index contributed by atoms with van der Waals surface area (Å²) in [5, 5.41) is 0. The summed E-state index contributed by atoms with van der Waals surface area (Å²) in [6.45, 7) is 0. The summed E-state index contributed by atoms with van der Waals surface area (Å²) in [5.74, 6) is 1.77. The monoisotopic (exact) mass is 154 g/mol. The molecule has 3 rings (SSSR count). The minimum absolute atomic E-state index is 0.823. The van der Waals surface area contributed by atoms with E-state index in [1.807, 2.05) is 36.4 Å². The molecule has 0 saturated carbocycles. The normalized spacial score (nSPS) is 12.7. The van der Waals surface area contributed by atoms with Gasteiger partial charge in [0, 0.05) is 5.56 Å². The summed E-state index contributed by atoms with van der Waals surface area (Å²) < 4.78 is 5.43. The highest BCUT2D eigenvalue weighted by atomic mass is 16.3. The molecule has 2 radical (unpaired) electrons. The van der Waals surface area contributed by atoms with E-state index in [4.69, 9.17) is 4.42 Å². The predicted octanol–water partition coefficient (Wildman–Crippen LogP) is 2.74. The van der Waals surface area contributed by atoms with E-state index in [1.54, 1.807) is 0 Å². The number of benzene rings is 1. The fourth-order valence-electron chi connectivity index (χ4n) is 1.49. The number of fused-ring (bicyclic) bond motifs is 4. The number of hydrogen-bond acceptors (Lipinski definition) is 1. The number of rotatable bonds is 0. The largest absolute Gasteiger partial charge is 0.460 e. The van der Waals surface area contributed by atoms with Crippen LogP contribution in [0.5, 0.6) is 0 Å². The maximum Gasteiger partial charge on any atom is 0.134 e. The Kier molecular flexibility index (Phi) is 1.01. The van der Waals surface area contributed by atoms with Gasteiger partial charge in [-0.15, -0.1) is 0 Å². The highest BCUT2D eigenvalue weighted by molar-refractivity contribution is 5.68. The molecule has 0 saturated heterocycles. The third-order valence-electron chi connectivity index (χ3n) is 2.06. The third-order valence-corrected chi connectivity index (χ3v) is 2.06. The molecule has 0 fully saturated rings. The van der Waals surface area contributed by atoms with Crippen LogP contribution >= 0.6 is 0 Å². The van der Waals surface area contributed by atoms with E-state index in [0.29, 0.717) is 0 Å². The lowest BCUT2D eigenvalue weighted by Gasteiger charge is -2.08. The molecular formula is C11H6O. The van der Waals surface area contributed by atoms with Crippen molar-refractivity contribution in [1.82, 2.24) is 0 Å². The average molecular weight is 154 g/mol. The Morgan fingerprint density at radius 3 is 2.92 bits per heavy atom. The second-order valence-corrected chi connectivity index (χ2v) is 2.83. The minimum atomic E-state index is 0.823. The highest BCUT2D eigenvalue weighted by Crippen LogP contribution is 2.33. The summed E-state index contributed by atoms with van der Waals surface area (Å²) in [7, 11) is 0. The molecule has 0 spiro atoms. The van der Waals surface area contributed by atoms with Gasteiger partial charge in [-0.3, -0.25) is 0 Å². The second kappa shape index (κ2) is 2.01. The van der Waals surface area contributed by atoms with Crippen molar-refractivity contribution in [3.8, 4) is 11.3 Å². The van der Waals surface area contributed by atoms with Crippen LogP contribution in [0, 0.1) is 6.42 Å². The van der Waals surface area contributed by atoms with Crippen LogP contribution < -0.4 is 0 Å². The first-order valence-corrected chi connectivity index (χ1v) is 3.90. The van der Waals surface area contributed by atoms with Gasteiger partial charge in [-0.25, -0.2) is 0 Å². The molecule has 1 aromatic heterocycles. The van der Waals surface area contributed by atoms with Crippen LogP contribution in [0.25, 0.3) is 11.3 Å². The first-order chi connectivity index (χ1) is 5.93. The standard InChI is InChI=1S/C11H6O/c1-2-4-10-8(3-1)7-9-5-6-11(10)12-9/h1-6H. The van der Waals surface area contributed by atoms with Crippen molar-refractivity contribution in [3.05, 3.63) is 54.1 Å². The molecule has 2 aromatic rings. The van der Waals surface area contributed by atoms with E-state index in [2.05, 4.69) is 6.42 Å². The molecule has 1 aliphatic heterocycles. The Morgan fingerprint density at radius 2 is 1.92 bits per heavy atom. The Balaban J connectivity index is 2.36. The molecule has 0 aliphatic carbocycles. The Hall–Kier alpha value is -1.50. The van der Waals surface area contributed by atoms with Gasteiger partial charge in [-0.1, -0.05) is 24.3 Å². The quantitative estimate of drug-likeness (QED) is 0.485. The van der Waals surface area contributed by atoms with E-state index in [0.717, 1.165) is 22.6 Å². The molecule has 1 aliphatic rings. The Labute approximate surface area is 70.6 Å². The first-order valence-electron chi connectivity index (χ1n) is 3.90. The van der Waals surface area contributed by atoms with Crippen LogP contribution in [0.1, 0.15) is 11.3 Å². The van der Waals surface area contributed by atoms with Gasteiger partial charge < -0.3 is 4.42 Å². The Bertz CT molecular complexity index is 426. The smallest absolute Gasteiger partial charge is 0.134 e. The third kappa shape index (κ3) is 0.681. The maximum atomic E-state index is 5.43. The van der Waals surface area contributed by atoms with Crippen molar-refractivity contribution in [2.24, 2.45) is 0 Å². The molecule has 12 heavy (non-hydrogen) atoms. The van der Waals surface area contributed by atoms with E-state index in [-0.39, 0.29) is 0 Å². The lowest BCUT2D eigenvalue weighted by molar-refractivity contribution is 0.549. The van der Waals surface area contributed by atoms with Crippen LogP contribution in [-0.4, -0.2) is 0 Å². The maximum absolute atomic E-state index is 5.43. The van der Waals surface area contributed by atoms with Crippen LogP contribution in [0.4, 0.5) is 0 Å². The van der Waals surface area contributed by atoms with Gasteiger partial charge in [-0.05, 0) is 17.7 Å². The molecular weight excluding hydrogens is 148 g/mol. The van der Waals surface area contributed by atoms with Crippen molar-refractivity contribution in [2.75, 3.05) is 0 Å². The lowest BCUT2D eigenvalue weighted by atomic mass is 10.0. The highest BCUT2D eigenvalue weighted by Gasteiger charge is 2.16. The zero-order valence-corrected chi connectivity index (χ0v) is 6.37. The van der Waals surface area contributed by atoms with Gasteiger partial charge >= 0.3 is 0 Å². The zero-order valence-electron chi connectivity index (χ0n) is 6.37. The molecule has 0 N–H and O–H groups in total. The summed E-state index contributed by atoms with van der Waals surface area (Å²) in [5.41, 5.74) is 2.26. The van der Waals surface area contributed by atoms with Gasteiger partial charge in [-0.2, -0.15) is 0 Å². The fraction of sp³-hybridized carbons (Fsp3) is 0. The van der Waals surface area contributed by atoms with Crippen LogP contribution in [-0.2, 0) is 0 Å². The number of hydrogen-bond donors (Lipinski definition) is 0. The molecule has 0 atom stereocenters. The van der Waals surface area contributed by atoms with Gasteiger partial charge in [0.1, 0.15) is 11.5 Å². The van der Waals surface area contributed by atoms with Crippen molar-refractivity contribution in [1.29, 1.82) is 0 Å².